The second-order valence-corrected chi connectivity index (χ2v) is 16.4. The molecule has 0 aromatic carbocycles. The fraction of sp³-hybridized carbons (Fsp3) is 0.909. The van der Waals surface area contributed by atoms with E-state index in [0.717, 1.165) is 25.7 Å². The number of unbranched alkanes of at least 4 members (excludes halogenated alkanes) is 36. The molecule has 0 bridgehead atoms. The van der Waals surface area contributed by atoms with Gasteiger partial charge in [0.25, 0.3) is 0 Å². The summed E-state index contributed by atoms with van der Waals surface area (Å²) in [5.74, 6) is 0. The zero-order valence-corrected chi connectivity index (χ0v) is 34.2. The Balaban J connectivity index is 3.36. The number of rotatable bonds is 42. The fourth-order valence-corrected chi connectivity index (χ4v) is 7.26. The second-order valence-electron chi connectivity index (χ2n) is 15.0. The van der Waals surface area contributed by atoms with Crippen LogP contribution < -0.4 is 0 Å². The zero-order valence-electron chi connectivity index (χ0n) is 33.3. The summed E-state index contributed by atoms with van der Waals surface area (Å²) in [6.07, 6.45) is 57.5. The normalized spacial score (nSPS) is 13.1. The maximum Gasteiger partial charge on any atom is 0.583 e. The fourth-order valence-electron chi connectivity index (χ4n) is 6.73. The van der Waals surface area contributed by atoms with Gasteiger partial charge in [-0.3, -0.25) is 4.89 Å². The van der Waals surface area contributed by atoms with E-state index in [1.165, 1.54) is 231 Å². The molecule has 0 aromatic rings. The van der Waals surface area contributed by atoms with E-state index in [1.807, 2.05) is 12.2 Å². The SMILES string of the molecule is CCCCCCCCCCCCCCCCCCCCC=COP(=O)(O)OC=CCCCCCCCCCCCCCCCCCCCC. The zero-order chi connectivity index (χ0) is 35.6. The van der Waals surface area contributed by atoms with Gasteiger partial charge < -0.3 is 9.05 Å². The molecule has 0 saturated heterocycles. The molecule has 0 rings (SSSR count). The van der Waals surface area contributed by atoms with Crippen molar-refractivity contribution in [3.05, 3.63) is 24.7 Å². The molecule has 292 valence electrons. The summed E-state index contributed by atoms with van der Waals surface area (Å²) >= 11 is 0. The van der Waals surface area contributed by atoms with E-state index >= 15 is 0 Å². The van der Waals surface area contributed by atoms with Gasteiger partial charge in [-0.15, -0.1) is 0 Å². The maximum absolute atomic E-state index is 12.0. The van der Waals surface area contributed by atoms with Crippen molar-refractivity contribution < 1.29 is 18.5 Å². The molecule has 0 saturated carbocycles. The molecule has 0 atom stereocenters. The Morgan fingerprint density at radius 3 is 0.735 bits per heavy atom. The van der Waals surface area contributed by atoms with Gasteiger partial charge in [-0.25, -0.2) is 4.57 Å². The Kier molecular flexibility index (Phi) is 41.1. The first-order valence-corrected chi connectivity index (χ1v) is 23.6. The van der Waals surface area contributed by atoms with Crippen LogP contribution in [0, 0.1) is 0 Å². The van der Waals surface area contributed by atoms with Gasteiger partial charge >= 0.3 is 7.82 Å². The number of phosphoric acid groups is 1. The quantitative estimate of drug-likeness (QED) is 0.0389. The van der Waals surface area contributed by atoms with Crippen molar-refractivity contribution in [3.8, 4) is 0 Å². The van der Waals surface area contributed by atoms with Crippen LogP contribution in [0.1, 0.15) is 258 Å². The molecule has 1 N–H and O–H groups in total. The predicted octanol–water partition coefficient (Wildman–Crippen LogP) is 17.0. The van der Waals surface area contributed by atoms with Crippen molar-refractivity contribution in [2.24, 2.45) is 0 Å². The first kappa shape index (κ1) is 48.3. The van der Waals surface area contributed by atoms with Gasteiger partial charge in [-0.1, -0.05) is 232 Å². The molecular formula is C44H87O4P. The standard InChI is InChI=1S/C44H87O4P/c1-3-5-7-9-11-13-15-17-19-21-23-25-27-29-31-33-35-37-39-41-43-47-49(45,46)48-44-42-40-38-36-34-32-30-28-26-24-22-20-18-16-14-12-10-8-6-4-2/h41-44H,3-40H2,1-2H3,(H,45,46). The summed E-state index contributed by atoms with van der Waals surface area (Å²) in [6, 6.07) is 0. The Morgan fingerprint density at radius 2 is 0.531 bits per heavy atom. The van der Waals surface area contributed by atoms with Crippen LogP contribution in [-0.2, 0) is 13.6 Å². The van der Waals surface area contributed by atoms with E-state index in [9.17, 15) is 9.46 Å². The minimum absolute atomic E-state index is 0.869. The van der Waals surface area contributed by atoms with Crippen molar-refractivity contribution in [1.29, 1.82) is 0 Å². The molecule has 5 heteroatoms. The lowest BCUT2D eigenvalue weighted by Gasteiger charge is -2.07. The lowest BCUT2D eigenvalue weighted by atomic mass is 10.0. The number of hydrogen-bond acceptors (Lipinski definition) is 3. The summed E-state index contributed by atoms with van der Waals surface area (Å²) in [7, 11) is -4.06. The summed E-state index contributed by atoms with van der Waals surface area (Å²) in [5.41, 5.74) is 0. The van der Waals surface area contributed by atoms with E-state index in [-0.39, 0.29) is 0 Å². The highest BCUT2D eigenvalue weighted by Crippen LogP contribution is 2.43. The molecule has 0 fully saturated rings. The first-order chi connectivity index (χ1) is 24.1. The van der Waals surface area contributed by atoms with Crippen LogP contribution in [0.5, 0.6) is 0 Å². The lowest BCUT2D eigenvalue weighted by Crippen LogP contribution is -1.85. The van der Waals surface area contributed by atoms with Gasteiger partial charge in [0, 0.05) is 0 Å². The molecule has 0 spiro atoms. The summed E-state index contributed by atoms with van der Waals surface area (Å²) in [6.45, 7) is 4.58. The average molecular weight is 711 g/mol. The summed E-state index contributed by atoms with van der Waals surface area (Å²) in [5, 5.41) is 0. The highest BCUT2D eigenvalue weighted by atomic mass is 31.2. The van der Waals surface area contributed by atoms with Gasteiger partial charge in [0.1, 0.15) is 0 Å². The minimum Gasteiger partial charge on any atom is -0.404 e. The van der Waals surface area contributed by atoms with Crippen LogP contribution in [0.4, 0.5) is 0 Å². The Labute approximate surface area is 308 Å². The Hall–Kier alpha value is -0.730. The Bertz CT molecular complexity index is 666. The number of allylic oxidation sites excluding steroid dienone is 2. The first-order valence-electron chi connectivity index (χ1n) is 22.1. The molecule has 0 unspecified atom stereocenters. The van der Waals surface area contributed by atoms with Crippen LogP contribution in [0.2, 0.25) is 0 Å². The van der Waals surface area contributed by atoms with Crippen LogP contribution in [-0.4, -0.2) is 4.89 Å². The van der Waals surface area contributed by atoms with Crippen molar-refractivity contribution in [2.45, 2.75) is 258 Å². The predicted molar refractivity (Wildman–Crippen MR) is 217 cm³/mol. The largest absolute Gasteiger partial charge is 0.583 e. The van der Waals surface area contributed by atoms with Crippen molar-refractivity contribution in [1.82, 2.24) is 0 Å². The van der Waals surface area contributed by atoms with Crippen molar-refractivity contribution in [3.63, 3.8) is 0 Å². The number of phosphoric ester groups is 1. The van der Waals surface area contributed by atoms with Crippen LogP contribution >= 0.6 is 7.82 Å². The van der Waals surface area contributed by atoms with Gasteiger partial charge in [-0.2, -0.15) is 0 Å². The van der Waals surface area contributed by atoms with E-state index in [4.69, 9.17) is 9.05 Å². The minimum atomic E-state index is -4.06. The third kappa shape index (κ3) is 43.4. The summed E-state index contributed by atoms with van der Waals surface area (Å²) < 4.78 is 22.0. The third-order valence-electron chi connectivity index (χ3n) is 10.0. The molecule has 4 nitrogen and oxygen atoms in total. The van der Waals surface area contributed by atoms with E-state index in [0.29, 0.717) is 0 Å². The van der Waals surface area contributed by atoms with Crippen LogP contribution in [0.15, 0.2) is 24.7 Å². The van der Waals surface area contributed by atoms with Crippen molar-refractivity contribution >= 4 is 7.82 Å². The van der Waals surface area contributed by atoms with E-state index < -0.39 is 7.82 Å². The van der Waals surface area contributed by atoms with Crippen molar-refractivity contribution in [2.75, 3.05) is 0 Å². The highest BCUT2D eigenvalue weighted by Gasteiger charge is 2.19. The molecule has 0 aliphatic rings. The van der Waals surface area contributed by atoms with Gasteiger partial charge in [0.2, 0.25) is 0 Å². The number of hydrogen-bond donors (Lipinski definition) is 1. The van der Waals surface area contributed by atoms with Crippen LogP contribution in [0.3, 0.4) is 0 Å². The third-order valence-corrected chi connectivity index (χ3v) is 10.8. The molecule has 0 aliphatic carbocycles. The maximum atomic E-state index is 12.0. The molecule has 49 heavy (non-hydrogen) atoms. The second kappa shape index (κ2) is 41.7. The molecule has 0 heterocycles. The molecule has 0 aliphatic heterocycles. The topological polar surface area (TPSA) is 55.8 Å². The van der Waals surface area contributed by atoms with E-state index in [2.05, 4.69) is 13.8 Å². The van der Waals surface area contributed by atoms with Gasteiger partial charge in [0.05, 0.1) is 12.5 Å². The van der Waals surface area contributed by atoms with Gasteiger partial charge in [0.15, 0.2) is 0 Å². The average Bonchev–Trinajstić information content (AvgIpc) is 3.09. The van der Waals surface area contributed by atoms with Crippen LogP contribution in [0.25, 0.3) is 0 Å². The smallest absolute Gasteiger partial charge is 0.404 e. The monoisotopic (exact) mass is 711 g/mol. The lowest BCUT2D eigenvalue weighted by molar-refractivity contribution is 0.243. The van der Waals surface area contributed by atoms with Gasteiger partial charge in [-0.05, 0) is 37.8 Å². The molecular weight excluding hydrogens is 623 g/mol. The molecule has 0 amide bonds. The summed E-state index contributed by atoms with van der Waals surface area (Å²) in [4.78, 5) is 9.84. The molecule has 0 aromatic heterocycles. The van der Waals surface area contributed by atoms with E-state index in [1.54, 1.807) is 0 Å². The molecule has 0 radical (unpaired) electrons. The highest BCUT2D eigenvalue weighted by molar-refractivity contribution is 7.47. The Morgan fingerprint density at radius 1 is 0.347 bits per heavy atom.